The Labute approximate surface area is 152 Å². The smallest absolute Gasteiger partial charge is 0.261 e. The van der Waals surface area contributed by atoms with Gasteiger partial charge in [-0.2, -0.15) is 0 Å². The van der Waals surface area contributed by atoms with Crippen LogP contribution in [0.25, 0.3) is 10.9 Å². The Morgan fingerprint density at radius 3 is 2.50 bits per heavy atom. The molecule has 0 amide bonds. The molecule has 0 saturated carbocycles. The molecule has 0 fully saturated rings. The van der Waals surface area contributed by atoms with E-state index in [1.165, 1.54) is 16.5 Å². The summed E-state index contributed by atoms with van der Waals surface area (Å²) in [6, 6.07) is 15.0. The van der Waals surface area contributed by atoms with Crippen LogP contribution in [0.1, 0.15) is 26.3 Å². The number of benzene rings is 2. The number of nitrogens with zero attached hydrogens (tertiary/aromatic N) is 2. The molecule has 1 aromatic heterocycles. The predicted octanol–water partition coefficient (Wildman–Crippen LogP) is 3.13. The molecule has 3 rings (SSSR count). The van der Waals surface area contributed by atoms with Crippen molar-refractivity contribution in [2.45, 2.75) is 38.8 Å². The lowest BCUT2D eigenvalue weighted by molar-refractivity contribution is 0.0914. The summed E-state index contributed by atoms with van der Waals surface area (Å²) in [7, 11) is 0. The fourth-order valence-electron chi connectivity index (χ4n) is 2.76. The maximum atomic E-state index is 12.4. The van der Waals surface area contributed by atoms with Crippen molar-refractivity contribution in [3.8, 4) is 5.75 Å². The topological polar surface area (TPSA) is 64.3 Å². The number of ether oxygens (including phenoxy) is 1. The van der Waals surface area contributed by atoms with Crippen LogP contribution in [0.15, 0.2) is 59.7 Å². The van der Waals surface area contributed by atoms with E-state index in [-0.39, 0.29) is 24.1 Å². The highest BCUT2D eigenvalue weighted by atomic mass is 16.5. The normalized spacial score (nSPS) is 12.9. The maximum Gasteiger partial charge on any atom is 0.261 e. The Bertz CT molecular complexity index is 940. The van der Waals surface area contributed by atoms with Crippen LogP contribution in [-0.2, 0) is 12.0 Å². The standard InChI is InChI=1S/C21H24N2O3/c1-21(2,3)15-8-10-17(11-9-15)26-13-16(24)12-23-14-22-19-7-5-4-6-18(19)20(23)25/h4-11,14,16,24H,12-13H2,1-3H3. The number of rotatable bonds is 5. The minimum absolute atomic E-state index is 0.0856. The van der Waals surface area contributed by atoms with Crippen molar-refractivity contribution >= 4 is 10.9 Å². The average molecular weight is 352 g/mol. The van der Waals surface area contributed by atoms with Gasteiger partial charge in [-0.15, -0.1) is 0 Å². The summed E-state index contributed by atoms with van der Waals surface area (Å²) in [5.41, 5.74) is 1.80. The molecule has 0 saturated heterocycles. The first kappa shape index (κ1) is 18.1. The van der Waals surface area contributed by atoms with E-state index in [4.69, 9.17) is 4.74 Å². The summed E-state index contributed by atoms with van der Waals surface area (Å²) in [5.74, 6) is 0.695. The van der Waals surface area contributed by atoms with Crippen molar-refractivity contribution in [2.24, 2.45) is 0 Å². The number of hydrogen-bond donors (Lipinski definition) is 1. The quantitative estimate of drug-likeness (QED) is 0.766. The zero-order chi connectivity index (χ0) is 18.7. The molecule has 0 aliphatic heterocycles. The molecule has 0 spiro atoms. The minimum Gasteiger partial charge on any atom is -0.491 e. The third kappa shape index (κ3) is 4.11. The molecular formula is C21H24N2O3. The highest BCUT2D eigenvalue weighted by molar-refractivity contribution is 5.76. The van der Waals surface area contributed by atoms with Crippen molar-refractivity contribution in [3.05, 3.63) is 70.8 Å². The predicted molar refractivity (Wildman–Crippen MR) is 103 cm³/mol. The molecule has 1 heterocycles. The zero-order valence-corrected chi connectivity index (χ0v) is 15.3. The van der Waals surface area contributed by atoms with Crippen LogP contribution >= 0.6 is 0 Å². The molecule has 1 unspecified atom stereocenters. The van der Waals surface area contributed by atoms with E-state index >= 15 is 0 Å². The third-order valence-corrected chi connectivity index (χ3v) is 4.30. The van der Waals surface area contributed by atoms with Gasteiger partial charge in [0.1, 0.15) is 18.5 Å². The van der Waals surface area contributed by atoms with Gasteiger partial charge in [-0.3, -0.25) is 9.36 Å². The lowest BCUT2D eigenvalue weighted by Gasteiger charge is -2.19. The van der Waals surface area contributed by atoms with Crippen LogP contribution in [0.2, 0.25) is 0 Å². The summed E-state index contributed by atoms with van der Waals surface area (Å²) in [6.07, 6.45) is 0.657. The van der Waals surface area contributed by atoms with E-state index < -0.39 is 6.10 Å². The van der Waals surface area contributed by atoms with E-state index in [0.717, 1.165) is 0 Å². The van der Waals surface area contributed by atoms with Crippen molar-refractivity contribution in [2.75, 3.05) is 6.61 Å². The molecule has 5 nitrogen and oxygen atoms in total. The summed E-state index contributed by atoms with van der Waals surface area (Å²) in [4.78, 5) is 16.7. The number of aromatic nitrogens is 2. The van der Waals surface area contributed by atoms with Crippen LogP contribution in [0.4, 0.5) is 0 Å². The van der Waals surface area contributed by atoms with Crippen molar-refractivity contribution in [3.63, 3.8) is 0 Å². The van der Waals surface area contributed by atoms with Gasteiger partial charge in [0.15, 0.2) is 0 Å². The summed E-state index contributed by atoms with van der Waals surface area (Å²) in [5, 5.41) is 10.8. The molecule has 0 bridgehead atoms. The number of para-hydroxylation sites is 1. The van der Waals surface area contributed by atoms with Gasteiger partial charge in [-0.1, -0.05) is 45.0 Å². The molecular weight excluding hydrogens is 328 g/mol. The largest absolute Gasteiger partial charge is 0.491 e. The summed E-state index contributed by atoms with van der Waals surface area (Å²) in [6.45, 7) is 6.71. The molecule has 136 valence electrons. The van der Waals surface area contributed by atoms with Crippen molar-refractivity contribution in [1.29, 1.82) is 0 Å². The Morgan fingerprint density at radius 2 is 1.81 bits per heavy atom. The second kappa shape index (κ2) is 7.30. The van der Waals surface area contributed by atoms with Gasteiger partial charge in [0.25, 0.3) is 5.56 Å². The zero-order valence-electron chi connectivity index (χ0n) is 15.3. The first-order chi connectivity index (χ1) is 12.3. The van der Waals surface area contributed by atoms with Crippen LogP contribution in [0, 0.1) is 0 Å². The SMILES string of the molecule is CC(C)(C)c1ccc(OCC(O)Cn2cnc3ccccc3c2=O)cc1. The van der Waals surface area contributed by atoms with Crippen LogP contribution in [0.5, 0.6) is 5.75 Å². The molecule has 26 heavy (non-hydrogen) atoms. The van der Waals surface area contributed by atoms with E-state index in [9.17, 15) is 9.90 Å². The minimum atomic E-state index is -0.807. The number of hydrogen-bond acceptors (Lipinski definition) is 4. The lowest BCUT2D eigenvalue weighted by atomic mass is 9.87. The Morgan fingerprint density at radius 1 is 1.12 bits per heavy atom. The fraction of sp³-hybridized carbons (Fsp3) is 0.333. The highest BCUT2D eigenvalue weighted by Gasteiger charge is 2.14. The third-order valence-electron chi connectivity index (χ3n) is 4.30. The summed E-state index contributed by atoms with van der Waals surface area (Å²) < 4.78 is 7.06. The average Bonchev–Trinajstić information content (AvgIpc) is 2.62. The molecule has 5 heteroatoms. The van der Waals surface area contributed by atoms with Gasteiger partial charge >= 0.3 is 0 Å². The molecule has 1 N–H and O–H groups in total. The van der Waals surface area contributed by atoms with Gasteiger partial charge < -0.3 is 9.84 Å². The van der Waals surface area contributed by atoms with Gasteiger partial charge in [-0.25, -0.2) is 4.98 Å². The molecule has 2 aromatic carbocycles. The first-order valence-electron chi connectivity index (χ1n) is 8.70. The second-order valence-corrected chi connectivity index (χ2v) is 7.46. The molecule has 0 aliphatic rings. The lowest BCUT2D eigenvalue weighted by Crippen LogP contribution is -2.30. The van der Waals surface area contributed by atoms with Crippen molar-refractivity contribution < 1.29 is 9.84 Å². The van der Waals surface area contributed by atoms with E-state index in [0.29, 0.717) is 16.7 Å². The number of aliphatic hydroxyl groups is 1. The molecule has 0 radical (unpaired) electrons. The van der Waals surface area contributed by atoms with E-state index in [2.05, 4.69) is 25.8 Å². The summed E-state index contributed by atoms with van der Waals surface area (Å²) >= 11 is 0. The van der Waals surface area contributed by atoms with Gasteiger partial charge in [0.05, 0.1) is 23.8 Å². The van der Waals surface area contributed by atoms with Gasteiger partial charge in [0.2, 0.25) is 0 Å². The Hall–Kier alpha value is -2.66. The second-order valence-electron chi connectivity index (χ2n) is 7.46. The first-order valence-corrected chi connectivity index (χ1v) is 8.70. The maximum absolute atomic E-state index is 12.4. The number of aliphatic hydroxyl groups excluding tert-OH is 1. The van der Waals surface area contributed by atoms with Gasteiger partial charge in [-0.05, 0) is 35.2 Å². The monoisotopic (exact) mass is 352 g/mol. The Balaban J connectivity index is 1.63. The Kier molecular flexibility index (Phi) is 5.09. The molecule has 3 aromatic rings. The van der Waals surface area contributed by atoms with E-state index in [1.54, 1.807) is 18.2 Å². The van der Waals surface area contributed by atoms with Crippen LogP contribution in [-0.4, -0.2) is 27.4 Å². The van der Waals surface area contributed by atoms with Gasteiger partial charge in [0, 0.05) is 0 Å². The molecule has 0 aliphatic carbocycles. The molecule has 1 atom stereocenters. The number of fused-ring (bicyclic) bond motifs is 1. The van der Waals surface area contributed by atoms with Crippen LogP contribution in [0.3, 0.4) is 0 Å². The fourth-order valence-corrected chi connectivity index (χ4v) is 2.76. The van der Waals surface area contributed by atoms with Crippen molar-refractivity contribution in [1.82, 2.24) is 9.55 Å². The van der Waals surface area contributed by atoms with E-state index in [1.807, 2.05) is 30.3 Å². The van der Waals surface area contributed by atoms with Crippen LogP contribution < -0.4 is 10.3 Å². The highest BCUT2D eigenvalue weighted by Crippen LogP contribution is 2.24.